The first kappa shape index (κ1) is 27.9. The molecule has 0 saturated heterocycles. The molecule has 0 aliphatic rings. The molecule has 10 nitrogen and oxygen atoms in total. The molecule has 0 saturated carbocycles. The molecule has 42 heavy (non-hydrogen) atoms. The zero-order valence-electron chi connectivity index (χ0n) is 22.6. The number of aromatic nitrogens is 2. The molecule has 210 valence electrons. The number of unbranched alkanes of at least 4 members (excludes halogenated alkanes) is 1. The molecular weight excluding hydrogens is 532 g/mol. The molecule has 2 aromatic heterocycles. The largest absolute Gasteiger partial charge is 0.433 e. The molecule has 0 spiro atoms. The minimum atomic E-state index is -0.628. The number of hydrogen-bond donors (Lipinski definition) is 3. The maximum atomic E-state index is 13.3. The number of amidine groups is 1. The van der Waals surface area contributed by atoms with Gasteiger partial charge in [-0.2, -0.15) is 0 Å². The third-order valence-corrected chi connectivity index (χ3v) is 6.78. The van der Waals surface area contributed by atoms with Gasteiger partial charge < -0.3 is 20.5 Å². The second-order valence-electron chi connectivity index (χ2n) is 9.62. The lowest BCUT2D eigenvalue weighted by Crippen LogP contribution is -2.29. The summed E-state index contributed by atoms with van der Waals surface area (Å²) in [5.41, 5.74) is 11.0. The third kappa shape index (κ3) is 6.54. The number of imidazole rings is 1. The number of aliphatic imine (C=N–C) groups is 1. The van der Waals surface area contributed by atoms with Crippen molar-refractivity contribution in [2.75, 3.05) is 6.54 Å². The second kappa shape index (κ2) is 12.7. The maximum Gasteiger partial charge on any atom is 0.433 e. The second-order valence-corrected chi connectivity index (χ2v) is 9.62. The topological polar surface area (TPSA) is 152 Å². The summed E-state index contributed by atoms with van der Waals surface area (Å²) in [5.74, 6) is 2.93. The van der Waals surface area contributed by atoms with Gasteiger partial charge in [0.05, 0.1) is 23.1 Å². The van der Waals surface area contributed by atoms with Crippen LogP contribution < -0.4 is 11.1 Å². The molecule has 0 bridgehead atoms. The van der Waals surface area contributed by atoms with Crippen molar-refractivity contribution < 1.29 is 14.1 Å². The Morgan fingerprint density at radius 1 is 1.05 bits per heavy atom. The molecule has 4 N–H and O–H groups in total. The predicted octanol–water partition coefficient (Wildman–Crippen LogP) is 5.76. The Balaban J connectivity index is 1.25. The summed E-state index contributed by atoms with van der Waals surface area (Å²) in [7, 11) is 0. The zero-order chi connectivity index (χ0) is 29.5. The summed E-state index contributed by atoms with van der Waals surface area (Å²) in [6.45, 7) is 0.394. The van der Waals surface area contributed by atoms with Crippen molar-refractivity contribution in [2.24, 2.45) is 10.7 Å². The lowest BCUT2D eigenvalue weighted by Gasteiger charge is -2.17. The summed E-state index contributed by atoms with van der Waals surface area (Å²) in [6, 6.07) is 25.1. The summed E-state index contributed by atoms with van der Waals surface area (Å²) in [5, 5.41) is 14.0. The highest BCUT2D eigenvalue weighted by Crippen LogP contribution is 2.23. The van der Waals surface area contributed by atoms with Crippen LogP contribution in [-0.4, -0.2) is 33.2 Å². The zero-order valence-corrected chi connectivity index (χ0v) is 22.6. The Kier molecular flexibility index (Phi) is 8.40. The van der Waals surface area contributed by atoms with E-state index in [2.05, 4.69) is 21.2 Å². The summed E-state index contributed by atoms with van der Waals surface area (Å²) in [6.07, 6.45) is 7.44. The van der Waals surface area contributed by atoms with Gasteiger partial charge in [0.1, 0.15) is 10.7 Å². The molecule has 5 aromatic rings. The number of rotatable bonds is 11. The number of nitrogens with one attached hydrogen (secondary N) is 2. The molecule has 0 fully saturated rings. The van der Waals surface area contributed by atoms with Crippen molar-refractivity contribution in [3.8, 4) is 23.5 Å². The number of para-hydroxylation sites is 2. The minimum Gasteiger partial charge on any atom is -0.397 e. The first-order valence-corrected chi connectivity index (χ1v) is 13.4. The van der Waals surface area contributed by atoms with E-state index in [-0.39, 0.29) is 29.4 Å². The normalized spacial score (nSPS) is 12.1. The van der Waals surface area contributed by atoms with Crippen molar-refractivity contribution in [3.05, 3.63) is 118 Å². The van der Waals surface area contributed by atoms with Gasteiger partial charge in [0.15, 0.2) is 11.6 Å². The van der Waals surface area contributed by atoms with Gasteiger partial charge in [-0.3, -0.25) is 19.9 Å². The van der Waals surface area contributed by atoms with E-state index in [9.17, 15) is 14.9 Å². The predicted molar refractivity (Wildman–Crippen MR) is 161 cm³/mol. The fourth-order valence-corrected chi connectivity index (χ4v) is 4.53. The fraction of sp³-hybridized carbons (Fsp3) is 0.156. The Morgan fingerprint density at radius 3 is 2.43 bits per heavy atom. The Morgan fingerprint density at radius 2 is 1.76 bits per heavy atom. The molecule has 1 atom stereocenters. The number of carbonyl (C=O) groups is 1. The highest BCUT2D eigenvalue weighted by Gasteiger charge is 2.20. The van der Waals surface area contributed by atoms with Crippen LogP contribution >= 0.6 is 0 Å². The maximum absolute atomic E-state index is 13.3. The van der Waals surface area contributed by atoms with Crippen LogP contribution in [0.4, 0.5) is 5.88 Å². The van der Waals surface area contributed by atoms with Crippen LogP contribution in [0.5, 0.6) is 0 Å². The van der Waals surface area contributed by atoms with Gasteiger partial charge >= 0.3 is 5.88 Å². The Hall–Kier alpha value is -5.69. The molecule has 1 amide bonds. The van der Waals surface area contributed by atoms with Gasteiger partial charge in [0.2, 0.25) is 0 Å². The summed E-state index contributed by atoms with van der Waals surface area (Å²) < 4.78 is 5.09. The summed E-state index contributed by atoms with van der Waals surface area (Å²) in [4.78, 5) is 35.8. The number of terminal acetylenes is 1. The molecule has 5 rings (SSSR count). The van der Waals surface area contributed by atoms with Crippen LogP contribution in [0.1, 0.15) is 52.8 Å². The third-order valence-electron chi connectivity index (χ3n) is 6.78. The number of amides is 1. The van der Waals surface area contributed by atoms with Crippen LogP contribution in [0.15, 0.2) is 94.3 Å². The standard InChI is InChI=1S/C32H28N6O4/c1-2-21-10-12-22(13-11-21)23-14-16-24(17-15-23)32(39)37-27(31-35-25-7-3-4-8-26(25)36-31)9-5-6-20-34-30(33)28-18-19-29(42-28)38(40)41/h1,3-4,7-8,10-19,27H,5-6,9,20H2,(H2,33,34)(H,35,36)(H,37,39)/t27-/m0/s1. The number of nitrogens with two attached hydrogens (primary N) is 1. The van der Waals surface area contributed by atoms with Gasteiger partial charge in [0.25, 0.3) is 5.91 Å². The number of benzene rings is 3. The SMILES string of the molecule is C#Cc1ccc(-c2ccc(C(=O)N[C@@H](CCCCN=C(N)c3ccc([N+](=O)[O-])o3)c3nc4ccccc4[nH]3)cc2)cc1. The lowest BCUT2D eigenvalue weighted by molar-refractivity contribution is -0.402. The number of aromatic amines is 1. The fourth-order valence-electron chi connectivity index (χ4n) is 4.53. The van der Waals surface area contributed by atoms with E-state index >= 15 is 0 Å². The van der Waals surface area contributed by atoms with Gasteiger partial charge in [-0.15, -0.1) is 6.42 Å². The van der Waals surface area contributed by atoms with E-state index in [4.69, 9.17) is 21.6 Å². The van der Waals surface area contributed by atoms with Crippen molar-refractivity contribution in [1.29, 1.82) is 0 Å². The van der Waals surface area contributed by atoms with Crippen molar-refractivity contribution in [1.82, 2.24) is 15.3 Å². The van der Waals surface area contributed by atoms with E-state index in [0.717, 1.165) is 27.7 Å². The van der Waals surface area contributed by atoms with Gasteiger partial charge in [-0.25, -0.2) is 4.98 Å². The first-order valence-electron chi connectivity index (χ1n) is 13.4. The van der Waals surface area contributed by atoms with E-state index < -0.39 is 4.92 Å². The average Bonchev–Trinajstić information content (AvgIpc) is 3.69. The molecule has 0 radical (unpaired) electrons. The van der Waals surface area contributed by atoms with Crippen molar-refractivity contribution in [3.63, 3.8) is 0 Å². The van der Waals surface area contributed by atoms with Gasteiger partial charge in [0, 0.05) is 17.7 Å². The molecule has 10 heteroatoms. The number of hydrogen-bond acceptors (Lipinski definition) is 6. The smallest absolute Gasteiger partial charge is 0.397 e. The minimum absolute atomic E-state index is 0.0978. The van der Waals surface area contributed by atoms with Crippen LogP contribution in [0.3, 0.4) is 0 Å². The van der Waals surface area contributed by atoms with Crippen LogP contribution in [0.2, 0.25) is 0 Å². The molecular formula is C32H28N6O4. The number of carbonyl (C=O) groups excluding carboxylic acids is 1. The molecule has 0 unspecified atom stereocenters. The van der Waals surface area contributed by atoms with E-state index in [1.165, 1.54) is 12.1 Å². The monoisotopic (exact) mass is 560 g/mol. The van der Waals surface area contributed by atoms with Crippen LogP contribution in [0, 0.1) is 22.5 Å². The molecule has 0 aliphatic heterocycles. The van der Waals surface area contributed by atoms with Crippen molar-refractivity contribution in [2.45, 2.75) is 25.3 Å². The number of nitro groups is 1. The van der Waals surface area contributed by atoms with Crippen molar-refractivity contribution >= 4 is 28.7 Å². The van der Waals surface area contributed by atoms with E-state index in [1.807, 2.05) is 60.7 Å². The number of furan rings is 1. The molecule has 3 aromatic carbocycles. The van der Waals surface area contributed by atoms with Gasteiger partial charge in [-0.05, 0) is 72.9 Å². The molecule has 2 heterocycles. The highest BCUT2D eigenvalue weighted by atomic mass is 16.6. The summed E-state index contributed by atoms with van der Waals surface area (Å²) >= 11 is 0. The van der Waals surface area contributed by atoms with Crippen LogP contribution in [0.25, 0.3) is 22.2 Å². The molecule has 0 aliphatic carbocycles. The average molecular weight is 561 g/mol. The van der Waals surface area contributed by atoms with Crippen LogP contribution in [-0.2, 0) is 0 Å². The first-order chi connectivity index (χ1) is 20.4. The quantitative estimate of drug-likeness (QED) is 0.0466. The number of fused-ring (bicyclic) bond motifs is 1. The number of H-pyrrole nitrogens is 1. The van der Waals surface area contributed by atoms with Gasteiger partial charge in [-0.1, -0.05) is 42.3 Å². The highest BCUT2D eigenvalue weighted by molar-refractivity contribution is 5.95. The van der Waals surface area contributed by atoms with E-state index in [0.29, 0.717) is 37.2 Å². The Bertz CT molecular complexity index is 1750. The Labute approximate surface area is 241 Å². The number of nitrogens with zero attached hydrogens (tertiary/aromatic N) is 3. The van der Waals surface area contributed by atoms with E-state index in [1.54, 1.807) is 12.1 Å². The lowest BCUT2D eigenvalue weighted by atomic mass is 10.0.